The molecule has 0 atom stereocenters. The summed E-state index contributed by atoms with van der Waals surface area (Å²) >= 11 is 0. The summed E-state index contributed by atoms with van der Waals surface area (Å²) in [5, 5.41) is 11.5. The maximum atomic E-state index is 8.56. The van der Waals surface area contributed by atoms with Gasteiger partial charge in [0.05, 0.1) is 6.61 Å². The van der Waals surface area contributed by atoms with E-state index in [1.54, 1.807) is 18.3 Å². The molecule has 0 aromatic carbocycles. The number of ether oxygens (including phenoxy) is 1. The first-order chi connectivity index (χ1) is 7.15. The highest BCUT2D eigenvalue weighted by molar-refractivity contribution is 5.97. The van der Waals surface area contributed by atoms with Crippen LogP contribution in [0.25, 0.3) is 0 Å². The predicted molar refractivity (Wildman–Crippen MR) is 57.1 cm³/mol. The summed E-state index contributed by atoms with van der Waals surface area (Å²) < 4.78 is 5.49. The Balaban J connectivity index is 2.87. The van der Waals surface area contributed by atoms with Gasteiger partial charge in [0.25, 0.3) is 0 Å². The largest absolute Gasteiger partial charge is 0.491 e. The molecule has 5 heteroatoms. The van der Waals surface area contributed by atoms with E-state index in [0.29, 0.717) is 24.0 Å². The lowest BCUT2D eigenvalue weighted by molar-refractivity contribution is 0.269. The number of nitrogens with two attached hydrogens (primary N) is 1. The van der Waals surface area contributed by atoms with E-state index in [1.807, 2.05) is 13.8 Å². The second-order valence-electron chi connectivity index (χ2n) is 3.54. The van der Waals surface area contributed by atoms with Crippen LogP contribution < -0.4 is 10.5 Å². The van der Waals surface area contributed by atoms with Gasteiger partial charge in [0, 0.05) is 6.20 Å². The van der Waals surface area contributed by atoms with Gasteiger partial charge >= 0.3 is 0 Å². The van der Waals surface area contributed by atoms with Gasteiger partial charge in [0.2, 0.25) is 0 Å². The minimum absolute atomic E-state index is 0.0469. The maximum absolute atomic E-state index is 8.56. The monoisotopic (exact) mass is 209 g/mol. The van der Waals surface area contributed by atoms with Crippen LogP contribution in [0.4, 0.5) is 0 Å². The average molecular weight is 209 g/mol. The molecule has 1 aromatic rings. The van der Waals surface area contributed by atoms with Crippen LogP contribution in [-0.2, 0) is 0 Å². The van der Waals surface area contributed by atoms with Gasteiger partial charge in [-0.05, 0) is 18.1 Å². The Morgan fingerprint density at radius 1 is 1.67 bits per heavy atom. The van der Waals surface area contributed by atoms with E-state index in [9.17, 15) is 0 Å². The Kier molecular flexibility index (Phi) is 3.91. The van der Waals surface area contributed by atoms with Gasteiger partial charge < -0.3 is 15.7 Å². The highest BCUT2D eigenvalue weighted by atomic mass is 16.5. The van der Waals surface area contributed by atoms with E-state index >= 15 is 0 Å². The molecule has 0 saturated heterocycles. The fourth-order valence-electron chi connectivity index (χ4n) is 1.00. The molecular formula is C10H15N3O2. The van der Waals surface area contributed by atoms with Crippen molar-refractivity contribution in [1.29, 1.82) is 0 Å². The average Bonchev–Trinajstić information content (AvgIpc) is 2.25. The molecule has 0 saturated carbocycles. The second-order valence-corrected chi connectivity index (χ2v) is 3.54. The lowest BCUT2D eigenvalue weighted by Gasteiger charge is -2.10. The molecular weight excluding hydrogens is 194 g/mol. The van der Waals surface area contributed by atoms with E-state index in [0.717, 1.165) is 0 Å². The first-order valence-electron chi connectivity index (χ1n) is 4.71. The molecule has 82 valence electrons. The summed E-state index contributed by atoms with van der Waals surface area (Å²) in [7, 11) is 0. The van der Waals surface area contributed by atoms with Crippen LogP contribution in [0.15, 0.2) is 23.5 Å². The Morgan fingerprint density at radius 2 is 2.40 bits per heavy atom. The van der Waals surface area contributed by atoms with Gasteiger partial charge in [-0.25, -0.2) is 4.98 Å². The van der Waals surface area contributed by atoms with Crippen LogP contribution >= 0.6 is 0 Å². The molecule has 15 heavy (non-hydrogen) atoms. The highest BCUT2D eigenvalue weighted by Crippen LogP contribution is 2.15. The summed E-state index contributed by atoms with van der Waals surface area (Å²) in [5.41, 5.74) is 5.82. The third-order valence-electron chi connectivity index (χ3n) is 1.69. The van der Waals surface area contributed by atoms with Crippen molar-refractivity contribution in [1.82, 2.24) is 4.98 Å². The third kappa shape index (κ3) is 3.12. The number of amidine groups is 1. The zero-order valence-corrected chi connectivity index (χ0v) is 8.84. The zero-order chi connectivity index (χ0) is 11.3. The quantitative estimate of drug-likeness (QED) is 0.338. The van der Waals surface area contributed by atoms with E-state index in [2.05, 4.69) is 10.1 Å². The van der Waals surface area contributed by atoms with Gasteiger partial charge in [0.1, 0.15) is 5.75 Å². The molecule has 5 nitrogen and oxygen atoms in total. The normalized spacial score (nSPS) is 11.8. The van der Waals surface area contributed by atoms with Crippen LogP contribution in [0.2, 0.25) is 0 Å². The summed E-state index contributed by atoms with van der Waals surface area (Å²) in [6.07, 6.45) is 1.57. The molecule has 0 aliphatic rings. The minimum Gasteiger partial charge on any atom is -0.491 e. The SMILES string of the molecule is CC(C)COc1cccnc1/C(N)=N/O. The van der Waals surface area contributed by atoms with Crippen molar-refractivity contribution in [2.75, 3.05) is 6.61 Å². The van der Waals surface area contributed by atoms with Crippen LogP contribution in [0.1, 0.15) is 19.5 Å². The van der Waals surface area contributed by atoms with Crippen molar-refractivity contribution in [2.24, 2.45) is 16.8 Å². The Morgan fingerprint density at radius 3 is 3.00 bits per heavy atom. The summed E-state index contributed by atoms with van der Waals surface area (Å²) in [5.74, 6) is 0.890. The standard InChI is InChI=1S/C10H15N3O2/c1-7(2)6-15-8-4-3-5-12-9(8)10(11)13-14/h3-5,7,14H,6H2,1-2H3,(H2,11,13). The zero-order valence-electron chi connectivity index (χ0n) is 8.84. The van der Waals surface area contributed by atoms with Crippen molar-refractivity contribution in [3.63, 3.8) is 0 Å². The van der Waals surface area contributed by atoms with Crippen LogP contribution in [-0.4, -0.2) is 22.6 Å². The number of rotatable bonds is 4. The van der Waals surface area contributed by atoms with E-state index < -0.39 is 0 Å². The first kappa shape index (κ1) is 11.3. The lowest BCUT2D eigenvalue weighted by atomic mass is 10.2. The molecule has 0 spiro atoms. The molecule has 0 bridgehead atoms. The van der Waals surface area contributed by atoms with Crippen LogP contribution in [0, 0.1) is 5.92 Å². The van der Waals surface area contributed by atoms with Crippen LogP contribution in [0.5, 0.6) is 5.75 Å². The van der Waals surface area contributed by atoms with Crippen molar-refractivity contribution in [3.05, 3.63) is 24.0 Å². The van der Waals surface area contributed by atoms with Crippen molar-refractivity contribution in [2.45, 2.75) is 13.8 Å². The van der Waals surface area contributed by atoms with Gasteiger partial charge in [0.15, 0.2) is 11.5 Å². The predicted octanol–water partition coefficient (Wildman–Crippen LogP) is 1.21. The fourth-order valence-corrected chi connectivity index (χ4v) is 1.00. The second kappa shape index (κ2) is 5.19. The van der Waals surface area contributed by atoms with Gasteiger partial charge in [-0.1, -0.05) is 19.0 Å². The number of pyridine rings is 1. The molecule has 1 aromatic heterocycles. The molecule has 0 fully saturated rings. The van der Waals surface area contributed by atoms with Crippen molar-refractivity contribution < 1.29 is 9.94 Å². The van der Waals surface area contributed by atoms with Gasteiger partial charge in [-0.2, -0.15) is 0 Å². The van der Waals surface area contributed by atoms with E-state index in [1.165, 1.54) is 0 Å². The van der Waals surface area contributed by atoms with E-state index in [-0.39, 0.29) is 5.84 Å². The maximum Gasteiger partial charge on any atom is 0.192 e. The third-order valence-corrected chi connectivity index (χ3v) is 1.69. The molecule has 0 amide bonds. The molecule has 0 radical (unpaired) electrons. The summed E-state index contributed by atoms with van der Waals surface area (Å²) in [6, 6.07) is 3.48. The van der Waals surface area contributed by atoms with Gasteiger partial charge in [-0.3, -0.25) is 0 Å². The Hall–Kier alpha value is -1.78. The molecule has 0 aliphatic heterocycles. The minimum atomic E-state index is -0.0469. The van der Waals surface area contributed by atoms with Gasteiger partial charge in [-0.15, -0.1) is 0 Å². The number of hydrogen-bond donors (Lipinski definition) is 2. The number of aromatic nitrogens is 1. The summed E-state index contributed by atoms with van der Waals surface area (Å²) in [6.45, 7) is 4.65. The molecule has 0 aliphatic carbocycles. The van der Waals surface area contributed by atoms with Crippen molar-refractivity contribution >= 4 is 5.84 Å². The smallest absolute Gasteiger partial charge is 0.192 e. The van der Waals surface area contributed by atoms with Crippen LogP contribution in [0.3, 0.4) is 0 Å². The fraction of sp³-hybridized carbons (Fsp3) is 0.400. The number of hydrogen-bond acceptors (Lipinski definition) is 4. The highest BCUT2D eigenvalue weighted by Gasteiger charge is 2.09. The first-order valence-corrected chi connectivity index (χ1v) is 4.71. The topological polar surface area (TPSA) is 80.7 Å². The lowest BCUT2D eigenvalue weighted by Crippen LogP contribution is -2.17. The number of oxime groups is 1. The molecule has 3 N–H and O–H groups in total. The van der Waals surface area contributed by atoms with E-state index in [4.69, 9.17) is 15.7 Å². The van der Waals surface area contributed by atoms with Crippen molar-refractivity contribution in [3.8, 4) is 5.75 Å². The Bertz CT molecular complexity index is 350. The molecule has 1 rings (SSSR count). The molecule has 1 heterocycles. The summed E-state index contributed by atoms with van der Waals surface area (Å²) in [4.78, 5) is 3.99. The molecule has 0 unspecified atom stereocenters. The number of nitrogens with zero attached hydrogens (tertiary/aromatic N) is 2. The Labute approximate surface area is 88.6 Å².